The zero-order valence-corrected chi connectivity index (χ0v) is 32.9. The van der Waals surface area contributed by atoms with Crippen LogP contribution < -0.4 is 0 Å². The number of aromatic hydroxyl groups is 2. The molecule has 0 radical (unpaired) electrons. The first-order valence-electron chi connectivity index (χ1n) is 21.5. The monoisotopic (exact) mass is 766 g/mol. The fraction of sp³-hybridized carbons (Fsp3) is 0.417. The van der Waals surface area contributed by atoms with Crippen LogP contribution in [0.5, 0.6) is 11.5 Å². The molecule has 4 aromatic heterocycles. The van der Waals surface area contributed by atoms with E-state index in [0.29, 0.717) is 58.6 Å². The van der Waals surface area contributed by atoms with Crippen LogP contribution in [0.4, 0.5) is 0 Å². The number of nitrogens with zero attached hydrogens (tertiary/aromatic N) is 8. The van der Waals surface area contributed by atoms with Gasteiger partial charge in [-0.2, -0.15) is 29.2 Å². The molecule has 2 fully saturated rings. The predicted molar refractivity (Wildman–Crippen MR) is 219 cm³/mol. The second kappa shape index (κ2) is 11.5. The highest BCUT2D eigenvalue weighted by molar-refractivity contribution is 5.77. The van der Waals surface area contributed by atoms with Crippen molar-refractivity contribution < 1.29 is 10.2 Å². The molecule has 58 heavy (non-hydrogen) atoms. The van der Waals surface area contributed by atoms with Gasteiger partial charge in [-0.1, -0.05) is 44.2 Å². The number of phenols is 2. The van der Waals surface area contributed by atoms with Gasteiger partial charge in [-0.15, -0.1) is 0 Å². The van der Waals surface area contributed by atoms with Crippen molar-refractivity contribution in [3.05, 3.63) is 118 Å². The lowest BCUT2D eigenvalue weighted by molar-refractivity contribution is 0.104. The molecule has 3 aromatic carbocycles. The fourth-order valence-electron chi connectivity index (χ4n) is 14.1. The highest BCUT2D eigenvalue weighted by atomic mass is 16.3. The Morgan fingerprint density at radius 1 is 0.603 bits per heavy atom. The molecular formula is C48H46N8O2. The zero-order valence-electron chi connectivity index (χ0n) is 32.9. The summed E-state index contributed by atoms with van der Waals surface area (Å²) in [6.45, 7) is 4.93. The quantitative estimate of drug-likeness (QED) is 0.180. The van der Waals surface area contributed by atoms with E-state index in [2.05, 4.69) is 50.2 Å². The summed E-state index contributed by atoms with van der Waals surface area (Å²) in [6, 6.07) is 21.1. The Balaban J connectivity index is 0.926. The lowest BCUT2D eigenvalue weighted by Gasteiger charge is -2.49. The average Bonchev–Trinajstić information content (AvgIpc) is 4.02. The van der Waals surface area contributed by atoms with Crippen LogP contribution in [0, 0.1) is 23.7 Å². The SMILES string of the molecule is C[C@]12CCC3c4ccc(O)cc4CCC3C1Cc1c2nc2ncnn2c1-c1cccc(-c2c3c(nc4ncnn24)[C@@]2(C)CCC4c5ccc(O)cc5CCC4C2C3)c1. The molecule has 13 rings (SSSR count). The maximum absolute atomic E-state index is 10.3. The second-order valence-corrected chi connectivity index (χ2v) is 19.0. The van der Waals surface area contributed by atoms with Crippen molar-refractivity contribution in [3.63, 3.8) is 0 Å². The molecule has 0 bridgehead atoms. The maximum Gasteiger partial charge on any atom is 0.252 e. The Hall–Kier alpha value is -5.64. The summed E-state index contributed by atoms with van der Waals surface area (Å²) in [5, 5.41) is 30.2. The lowest BCUT2D eigenvalue weighted by Crippen LogP contribution is -2.43. The van der Waals surface area contributed by atoms with Crippen LogP contribution in [0.3, 0.4) is 0 Å². The molecule has 6 aliphatic rings. The number of phenolic OH excluding ortho intramolecular Hbond substituents is 2. The fourth-order valence-corrected chi connectivity index (χ4v) is 14.1. The van der Waals surface area contributed by atoms with Crippen LogP contribution >= 0.6 is 0 Å². The Bertz CT molecular complexity index is 2710. The highest BCUT2D eigenvalue weighted by Crippen LogP contribution is 2.62. The molecule has 290 valence electrons. The molecule has 4 heterocycles. The minimum Gasteiger partial charge on any atom is -0.508 e. The summed E-state index contributed by atoms with van der Waals surface area (Å²) in [7, 11) is 0. The third-order valence-electron chi connectivity index (χ3n) is 16.6. The third kappa shape index (κ3) is 4.33. The molecule has 2 N–H and O–H groups in total. The van der Waals surface area contributed by atoms with Gasteiger partial charge in [-0.25, -0.2) is 9.97 Å². The molecule has 6 unspecified atom stereocenters. The number of rotatable bonds is 2. The predicted octanol–water partition coefficient (Wildman–Crippen LogP) is 8.45. The van der Waals surface area contributed by atoms with E-state index in [0.717, 1.165) is 86.7 Å². The Morgan fingerprint density at radius 3 is 1.57 bits per heavy atom. The first kappa shape index (κ1) is 33.3. The summed E-state index contributed by atoms with van der Waals surface area (Å²) >= 11 is 0. The Morgan fingerprint density at radius 2 is 1.09 bits per heavy atom. The van der Waals surface area contributed by atoms with Gasteiger partial charge in [0.1, 0.15) is 24.2 Å². The van der Waals surface area contributed by atoms with Crippen molar-refractivity contribution in [2.45, 2.75) is 101 Å². The summed E-state index contributed by atoms with van der Waals surface area (Å²) in [4.78, 5) is 20.1. The van der Waals surface area contributed by atoms with E-state index in [9.17, 15) is 10.2 Å². The molecule has 0 spiro atoms. The van der Waals surface area contributed by atoms with E-state index in [1.807, 2.05) is 33.3 Å². The average molecular weight is 767 g/mol. The number of aryl methyl sites for hydroxylation is 2. The van der Waals surface area contributed by atoms with Crippen molar-refractivity contribution >= 4 is 11.6 Å². The lowest BCUT2D eigenvalue weighted by atomic mass is 9.55. The van der Waals surface area contributed by atoms with E-state index in [1.54, 1.807) is 12.7 Å². The molecular weight excluding hydrogens is 721 g/mol. The van der Waals surface area contributed by atoms with E-state index < -0.39 is 0 Å². The van der Waals surface area contributed by atoms with E-state index in [4.69, 9.17) is 30.1 Å². The van der Waals surface area contributed by atoms with Gasteiger partial charge in [-0.05, 0) is 152 Å². The topological polar surface area (TPSA) is 127 Å². The van der Waals surface area contributed by atoms with Crippen molar-refractivity contribution in [1.29, 1.82) is 0 Å². The number of hydrogen-bond donors (Lipinski definition) is 2. The van der Waals surface area contributed by atoms with Crippen molar-refractivity contribution in [3.8, 4) is 34.0 Å². The summed E-state index contributed by atoms with van der Waals surface area (Å²) < 4.78 is 3.96. The molecule has 0 amide bonds. The standard InChI is InChI=1S/C48H46N8O2/c1-47-16-14-33-31-12-8-29(57)19-25(31)6-10-35(33)39(47)21-37-41(55-45(49-23-51-55)53-43(37)47)27-4-3-5-28(18-27)42-38-22-40-36-11-7-26-20-30(58)9-13-32(26)34(36)15-17-48(40,2)44(38)54-46-50-24-52-56(42)46/h3-5,8-9,12-13,18-20,23-24,33-36,39-40,57-58H,6-7,10-11,14-17,21-22H2,1-2H3/t33?,34?,35?,36?,39?,40?,47-,48-/m0/s1. The van der Waals surface area contributed by atoms with Crippen molar-refractivity contribution in [2.24, 2.45) is 23.7 Å². The van der Waals surface area contributed by atoms with E-state index >= 15 is 0 Å². The van der Waals surface area contributed by atoms with Gasteiger partial charge in [0.2, 0.25) is 0 Å². The van der Waals surface area contributed by atoms with Gasteiger partial charge >= 0.3 is 0 Å². The summed E-state index contributed by atoms with van der Waals surface area (Å²) in [5.74, 6) is 5.11. The van der Waals surface area contributed by atoms with Crippen LogP contribution in [-0.2, 0) is 36.5 Å². The van der Waals surface area contributed by atoms with Gasteiger partial charge in [0.05, 0.1) is 22.8 Å². The largest absolute Gasteiger partial charge is 0.508 e. The smallest absolute Gasteiger partial charge is 0.252 e. The molecule has 10 heteroatoms. The number of hydrogen-bond acceptors (Lipinski definition) is 8. The normalized spacial score (nSPS) is 30.2. The Labute approximate surface area is 336 Å². The zero-order chi connectivity index (χ0) is 38.7. The molecule has 0 aliphatic heterocycles. The van der Waals surface area contributed by atoms with Crippen LogP contribution in [-0.4, -0.2) is 49.4 Å². The second-order valence-electron chi connectivity index (χ2n) is 19.0. The third-order valence-corrected chi connectivity index (χ3v) is 16.6. The minimum absolute atomic E-state index is 0.0482. The van der Waals surface area contributed by atoms with Gasteiger partial charge in [0, 0.05) is 33.1 Å². The van der Waals surface area contributed by atoms with Gasteiger partial charge in [0.15, 0.2) is 0 Å². The maximum atomic E-state index is 10.3. The van der Waals surface area contributed by atoms with Gasteiger partial charge in [0.25, 0.3) is 11.6 Å². The van der Waals surface area contributed by atoms with Crippen LogP contribution in [0.2, 0.25) is 0 Å². The summed E-state index contributed by atoms with van der Waals surface area (Å²) in [6.07, 6.45) is 13.9. The van der Waals surface area contributed by atoms with Crippen molar-refractivity contribution in [2.75, 3.05) is 0 Å². The molecule has 7 aromatic rings. The van der Waals surface area contributed by atoms with Crippen molar-refractivity contribution in [1.82, 2.24) is 39.2 Å². The first-order chi connectivity index (χ1) is 28.3. The van der Waals surface area contributed by atoms with Crippen LogP contribution in [0.15, 0.2) is 73.3 Å². The first-order valence-corrected chi connectivity index (χ1v) is 21.5. The van der Waals surface area contributed by atoms with Gasteiger partial charge in [-0.3, -0.25) is 0 Å². The molecule has 2 saturated carbocycles. The van der Waals surface area contributed by atoms with Crippen LogP contribution in [0.25, 0.3) is 34.1 Å². The minimum atomic E-state index is -0.0482. The van der Waals surface area contributed by atoms with E-state index in [-0.39, 0.29) is 10.8 Å². The number of benzene rings is 3. The van der Waals surface area contributed by atoms with Gasteiger partial charge < -0.3 is 10.2 Å². The van der Waals surface area contributed by atoms with Crippen LogP contribution in [0.1, 0.15) is 109 Å². The molecule has 8 atom stereocenters. The number of aromatic nitrogens is 8. The molecule has 6 aliphatic carbocycles. The highest BCUT2D eigenvalue weighted by Gasteiger charge is 2.56. The number of fused-ring (bicyclic) bond motifs is 16. The summed E-state index contributed by atoms with van der Waals surface area (Å²) in [5.41, 5.74) is 14.9. The van der Waals surface area contributed by atoms with E-state index in [1.165, 1.54) is 44.8 Å². The molecule has 10 nitrogen and oxygen atoms in total. The molecule has 0 saturated heterocycles. The Kier molecular flexibility index (Phi) is 6.62.